The van der Waals surface area contributed by atoms with Gasteiger partial charge in [-0.2, -0.15) is 5.10 Å². The number of aromatic nitrogens is 3. The molecule has 0 saturated heterocycles. The van der Waals surface area contributed by atoms with Gasteiger partial charge in [0, 0.05) is 27.0 Å². The number of hydrogen-bond donors (Lipinski definition) is 0. The summed E-state index contributed by atoms with van der Waals surface area (Å²) in [5.74, 6) is -1.95. The van der Waals surface area contributed by atoms with Crippen molar-refractivity contribution in [3.63, 3.8) is 0 Å². The Bertz CT molecular complexity index is 546. The Hall–Kier alpha value is -1.35. The van der Waals surface area contributed by atoms with Gasteiger partial charge < -0.3 is 0 Å². The maximum absolute atomic E-state index is 7.66. The minimum absolute atomic E-state index is 0.172. The third kappa shape index (κ3) is 1.95. The molecule has 0 fully saturated rings. The zero-order valence-electron chi connectivity index (χ0n) is 11.2. The van der Waals surface area contributed by atoms with E-state index < -0.39 is 5.83 Å². The lowest BCUT2D eigenvalue weighted by Gasteiger charge is -2.12. The molecule has 2 aromatic rings. The van der Waals surface area contributed by atoms with Gasteiger partial charge in [0.15, 0.2) is 0 Å². The number of nitrogens with zero attached hydrogens (tertiary/aromatic N) is 3. The minimum Gasteiger partial charge on any atom is -0.261 e. The molecule has 0 atom stereocenters. The first-order chi connectivity index (χ1) is 8.41. The zero-order chi connectivity index (χ0) is 13.3. The predicted molar refractivity (Wildman–Crippen MR) is 65.4 cm³/mol. The van der Waals surface area contributed by atoms with Crippen LogP contribution in [0.25, 0.3) is 11.4 Å². The van der Waals surface area contributed by atoms with Gasteiger partial charge in [-0.15, -0.1) is 11.6 Å². The van der Waals surface area contributed by atoms with Crippen molar-refractivity contribution >= 4 is 11.6 Å². The summed E-state index contributed by atoms with van der Waals surface area (Å²) in [4.78, 5) is 4.25. The van der Waals surface area contributed by atoms with E-state index in [0.29, 0.717) is 11.3 Å². The molecule has 2 aromatic heterocycles. The Morgan fingerprint density at radius 1 is 1.44 bits per heavy atom. The summed E-state index contributed by atoms with van der Waals surface area (Å²) in [6.45, 7) is 4.02. The topological polar surface area (TPSA) is 30.7 Å². The second-order valence-electron chi connectivity index (χ2n) is 3.75. The molecule has 0 radical (unpaired) electrons. The molecule has 4 heteroatoms. The summed E-state index contributed by atoms with van der Waals surface area (Å²) in [5, 5.41) is 4.23. The molecule has 2 heterocycles. The van der Waals surface area contributed by atoms with Crippen LogP contribution in [-0.4, -0.2) is 14.8 Å². The molecular formula is C12H14ClN3. The highest BCUT2D eigenvalue weighted by atomic mass is 35.5. The number of rotatable bonds is 3. The lowest BCUT2D eigenvalue weighted by Crippen LogP contribution is -2.06. The van der Waals surface area contributed by atoms with Crippen molar-refractivity contribution < 1.29 is 2.74 Å². The smallest absolute Gasteiger partial charge is 0.0927 e. The van der Waals surface area contributed by atoms with Crippen LogP contribution in [0, 0.1) is 0 Å². The molecule has 0 aliphatic rings. The lowest BCUT2D eigenvalue weighted by molar-refractivity contribution is 0.537. The van der Waals surface area contributed by atoms with E-state index in [0.717, 1.165) is 5.69 Å². The Balaban J connectivity index is 2.61. The average Bonchev–Trinajstić information content (AvgIpc) is 2.76. The van der Waals surface area contributed by atoms with Gasteiger partial charge in [0.25, 0.3) is 0 Å². The van der Waals surface area contributed by atoms with Crippen LogP contribution in [0.3, 0.4) is 0 Å². The third-order valence-electron chi connectivity index (χ3n) is 2.31. The van der Waals surface area contributed by atoms with Crippen LogP contribution in [0.5, 0.6) is 0 Å². The van der Waals surface area contributed by atoms with Gasteiger partial charge in [-0.05, 0) is 31.5 Å². The molecule has 3 nitrogen and oxygen atoms in total. The van der Waals surface area contributed by atoms with E-state index in [1.54, 1.807) is 29.2 Å². The van der Waals surface area contributed by atoms with Gasteiger partial charge >= 0.3 is 0 Å². The zero-order valence-corrected chi connectivity index (χ0v) is 9.94. The van der Waals surface area contributed by atoms with Crippen molar-refractivity contribution in [3.8, 4) is 11.4 Å². The van der Waals surface area contributed by atoms with Crippen LogP contribution in [0.4, 0.5) is 0 Å². The van der Waals surface area contributed by atoms with E-state index >= 15 is 0 Å². The molecule has 16 heavy (non-hydrogen) atoms. The average molecular weight is 238 g/mol. The normalized spacial score (nSPS) is 13.8. The van der Waals surface area contributed by atoms with E-state index in [2.05, 4.69) is 10.1 Å². The molecule has 0 bridgehead atoms. The SMILES string of the molecule is [2H]C([2H])(Cl)c1cccnc1-c1ccnn1C(C)C. The molecule has 0 amide bonds. The molecule has 0 aromatic carbocycles. The standard InChI is InChI=1S/C12H14ClN3/c1-9(2)16-11(5-7-15-16)12-10(8-13)4-3-6-14-12/h3-7,9H,8H2,1-2H3/i8D2. The molecule has 0 aliphatic carbocycles. The molecule has 0 unspecified atom stereocenters. The van der Waals surface area contributed by atoms with Gasteiger partial charge in [0.2, 0.25) is 0 Å². The summed E-state index contributed by atoms with van der Waals surface area (Å²) in [6.07, 6.45) is 3.30. The molecule has 0 saturated carbocycles. The second kappa shape index (κ2) is 4.66. The molecular weight excluding hydrogens is 222 g/mol. The molecule has 0 aliphatic heterocycles. The van der Waals surface area contributed by atoms with Crippen LogP contribution in [0.2, 0.25) is 0 Å². The van der Waals surface area contributed by atoms with Gasteiger partial charge in [0.1, 0.15) is 0 Å². The Morgan fingerprint density at radius 2 is 2.25 bits per heavy atom. The number of alkyl halides is 1. The second-order valence-corrected chi connectivity index (χ2v) is 3.94. The highest BCUT2D eigenvalue weighted by Gasteiger charge is 2.12. The van der Waals surface area contributed by atoms with Crippen LogP contribution in [0.1, 0.15) is 28.2 Å². The summed E-state index contributed by atoms with van der Waals surface area (Å²) < 4.78 is 17.1. The number of hydrogen-bond acceptors (Lipinski definition) is 2. The number of pyridine rings is 1. The van der Waals surface area contributed by atoms with E-state index in [9.17, 15) is 0 Å². The summed E-state index contributed by atoms with van der Waals surface area (Å²) in [7, 11) is 0. The third-order valence-corrected chi connectivity index (χ3v) is 2.52. The molecule has 2 rings (SSSR count). The largest absolute Gasteiger partial charge is 0.261 e. The van der Waals surface area contributed by atoms with Crippen LogP contribution < -0.4 is 0 Å². The monoisotopic (exact) mass is 237 g/mol. The molecule has 0 spiro atoms. The van der Waals surface area contributed by atoms with Crippen molar-refractivity contribution in [3.05, 3.63) is 36.2 Å². The van der Waals surface area contributed by atoms with Crippen molar-refractivity contribution in [2.24, 2.45) is 0 Å². The van der Waals surface area contributed by atoms with Gasteiger partial charge in [-0.3, -0.25) is 9.67 Å². The van der Waals surface area contributed by atoms with Gasteiger partial charge in [-0.1, -0.05) is 6.07 Å². The number of halogens is 1. The minimum atomic E-state index is -1.95. The maximum Gasteiger partial charge on any atom is 0.0927 e. The van der Waals surface area contributed by atoms with E-state index in [1.165, 1.54) is 0 Å². The Morgan fingerprint density at radius 3 is 2.94 bits per heavy atom. The van der Waals surface area contributed by atoms with Gasteiger partial charge in [0.05, 0.1) is 11.4 Å². The van der Waals surface area contributed by atoms with E-state index in [4.69, 9.17) is 14.3 Å². The first-order valence-corrected chi connectivity index (χ1v) is 5.47. The van der Waals surface area contributed by atoms with Crippen molar-refractivity contribution in [2.75, 3.05) is 0 Å². The fourth-order valence-electron chi connectivity index (χ4n) is 1.60. The van der Waals surface area contributed by atoms with Crippen molar-refractivity contribution in [2.45, 2.75) is 25.7 Å². The maximum atomic E-state index is 7.66. The Labute approximate surface area is 103 Å². The fraction of sp³-hybridized carbons (Fsp3) is 0.333. The molecule has 0 N–H and O–H groups in total. The quantitative estimate of drug-likeness (QED) is 0.768. The Kier molecular flexibility index (Phi) is 2.55. The fourth-order valence-corrected chi connectivity index (χ4v) is 1.75. The summed E-state index contributed by atoms with van der Waals surface area (Å²) in [6, 6.07) is 5.31. The summed E-state index contributed by atoms with van der Waals surface area (Å²) in [5.41, 5.74) is 1.66. The van der Waals surface area contributed by atoms with Crippen LogP contribution in [0.15, 0.2) is 30.6 Å². The van der Waals surface area contributed by atoms with Crippen LogP contribution in [-0.2, 0) is 5.83 Å². The van der Waals surface area contributed by atoms with Crippen molar-refractivity contribution in [1.82, 2.24) is 14.8 Å². The lowest BCUT2D eigenvalue weighted by atomic mass is 10.1. The predicted octanol–water partition coefficient (Wildman–Crippen LogP) is 3.26. The first kappa shape index (κ1) is 8.76. The summed E-state index contributed by atoms with van der Waals surface area (Å²) >= 11 is 5.78. The van der Waals surface area contributed by atoms with Gasteiger partial charge in [-0.25, -0.2) is 0 Å². The molecule has 84 valence electrons. The highest BCUT2D eigenvalue weighted by Crippen LogP contribution is 2.24. The van der Waals surface area contributed by atoms with E-state index in [-0.39, 0.29) is 6.04 Å². The van der Waals surface area contributed by atoms with Crippen LogP contribution >= 0.6 is 11.6 Å². The van der Waals surface area contributed by atoms with E-state index in [1.807, 2.05) is 19.9 Å². The van der Waals surface area contributed by atoms with Crippen molar-refractivity contribution in [1.29, 1.82) is 0 Å². The first-order valence-electron chi connectivity index (χ1n) is 6.09. The highest BCUT2D eigenvalue weighted by molar-refractivity contribution is 6.17.